The van der Waals surface area contributed by atoms with Crippen LogP contribution >= 0.6 is 0 Å². The molecule has 1 aromatic carbocycles. The summed E-state index contributed by atoms with van der Waals surface area (Å²) in [6.07, 6.45) is 0.668. The van der Waals surface area contributed by atoms with Crippen LogP contribution in [-0.2, 0) is 18.0 Å². The fraction of sp³-hybridized carbons (Fsp3) is 0.214. The van der Waals surface area contributed by atoms with Crippen LogP contribution in [0.2, 0.25) is 0 Å². The molecule has 1 aromatic heterocycles. The molecule has 0 aliphatic carbocycles. The third-order valence-electron chi connectivity index (χ3n) is 2.75. The molecule has 5 nitrogen and oxygen atoms in total. The zero-order chi connectivity index (χ0) is 13.1. The van der Waals surface area contributed by atoms with Gasteiger partial charge in [0.1, 0.15) is 12.4 Å². The number of hydrogen-bond donors (Lipinski definition) is 0. The van der Waals surface area contributed by atoms with Crippen molar-refractivity contribution < 1.29 is 23.4 Å². The van der Waals surface area contributed by atoms with Gasteiger partial charge >= 0.3 is 0 Å². The topological polar surface area (TPSA) is 57.9 Å². The first kappa shape index (κ1) is 11.8. The van der Waals surface area contributed by atoms with Crippen LogP contribution in [0.1, 0.15) is 21.9 Å². The first-order chi connectivity index (χ1) is 9.35. The summed E-state index contributed by atoms with van der Waals surface area (Å²) in [7, 11) is 0. The highest BCUT2D eigenvalue weighted by atomic mass is 16.7. The summed E-state index contributed by atoms with van der Waals surface area (Å²) in [5.41, 5.74) is 0.992. The van der Waals surface area contributed by atoms with Crippen LogP contribution in [-0.4, -0.2) is 13.1 Å². The Kier molecular flexibility index (Phi) is 3.20. The number of furan rings is 1. The maximum absolute atomic E-state index is 10.5. The molecule has 0 amide bonds. The molecule has 0 N–H and O–H groups in total. The molecule has 0 saturated heterocycles. The van der Waals surface area contributed by atoms with Crippen molar-refractivity contribution in [3.63, 3.8) is 0 Å². The predicted molar refractivity (Wildman–Crippen MR) is 65.2 cm³/mol. The molecule has 0 radical (unpaired) electrons. The second kappa shape index (κ2) is 5.16. The largest absolute Gasteiger partial charge is 0.456 e. The van der Waals surface area contributed by atoms with E-state index in [0.29, 0.717) is 31.0 Å². The van der Waals surface area contributed by atoms with Crippen LogP contribution in [0.4, 0.5) is 0 Å². The summed E-state index contributed by atoms with van der Waals surface area (Å²) < 4.78 is 21.2. The lowest BCUT2D eigenvalue weighted by Gasteiger charge is -2.03. The lowest BCUT2D eigenvalue weighted by Crippen LogP contribution is -1.93. The molecule has 0 atom stereocenters. The minimum atomic E-state index is 0.264. The van der Waals surface area contributed by atoms with Gasteiger partial charge in [0.05, 0.1) is 6.61 Å². The van der Waals surface area contributed by atoms with Gasteiger partial charge in [-0.2, -0.15) is 0 Å². The molecule has 0 saturated carbocycles. The molecular weight excluding hydrogens is 248 g/mol. The molecule has 2 heterocycles. The van der Waals surface area contributed by atoms with E-state index in [1.807, 2.05) is 18.2 Å². The second-order valence-electron chi connectivity index (χ2n) is 4.10. The van der Waals surface area contributed by atoms with Crippen molar-refractivity contribution in [2.24, 2.45) is 0 Å². The Morgan fingerprint density at radius 3 is 2.84 bits per heavy atom. The number of ether oxygens (including phenoxy) is 3. The van der Waals surface area contributed by atoms with Gasteiger partial charge in [-0.25, -0.2) is 0 Å². The summed E-state index contributed by atoms with van der Waals surface area (Å²) in [6.45, 7) is 1.02. The van der Waals surface area contributed by atoms with Crippen molar-refractivity contribution in [2.45, 2.75) is 13.2 Å². The summed E-state index contributed by atoms with van der Waals surface area (Å²) in [5, 5.41) is 0. The maximum Gasteiger partial charge on any atom is 0.231 e. The third kappa shape index (κ3) is 2.61. The Bertz CT molecular complexity index is 587. The van der Waals surface area contributed by atoms with Crippen LogP contribution < -0.4 is 9.47 Å². The van der Waals surface area contributed by atoms with Gasteiger partial charge in [0.2, 0.25) is 6.79 Å². The second-order valence-corrected chi connectivity index (χ2v) is 4.10. The van der Waals surface area contributed by atoms with E-state index in [4.69, 9.17) is 18.6 Å². The van der Waals surface area contributed by atoms with E-state index in [1.165, 1.54) is 0 Å². The van der Waals surface area contributed by atoms with Crippen LogP contribution in [0.25, 0.3) is 0 Å². The van der Waals surface area contributed by atoms with E-state index < -0.39 is 0 Å². The number of benzene rings is 1. The summed E-state index contributed by atoms with van der Waals surface area (Å²) in [4.78, 5) is 10.5. The summed E-state index contributed by atoms with van der Waals surface area (Å²) in [6, 6.07) is 9.02. The van der Waals surface area contributed by atoms with Gasteiger partial charge in [-0.05, 0) is 29.8 Å². The number of carbonyl (C=O) groups is 1. The standard InChI is InChI=1S/C14H12O5/c15-6-11-2-3-12(19-11)8-16-7-10-1-4-13-14(5-10)18-9-17-13/h1-6H,7-9H2. The van der Waals surface area contributed by atoms with Crippen molar-refractivity contribution >= 4 is 6.29 Å². The van der Waals surface area contributed by atoms with Crippen molar-refractivity contribution in [3.8, 4) is 11.5 Å². The highest BCUT2D eigenvalue weighted by Gasteiger charge is 2.13. The van der Waals surface area contributed by atoms with E-state index in [9.17, 15) is 4.79 Å². The fourth-order valence-corrected chi connectivity index (χ4v) is 1.84. The van der Waals surface area contributed by atoms with Gasteiger partial charge in [-0.15, -0.1) is 0 Å². The average Bonchev–Trinajstić information content (AvgIpc) is 3.06. The van der Waals surface area contributed by atoms with Crippen LogP contribution in [0, 0.1) is 0 Å². The normalized spacial score (nSPS) is 12.6. The van der Waals surface area contributed by atoms with E-state index in [2.05, 4.69) is 0 Å². The Labute approximate surface area is 109 Å². The van der Waals surface area contributed by atoms with Gasteiger partial charge < -0.3 is 18.6 Å². The van der Waals surface area contributed by atoms with Crippen molar-refractivity contribution in [1.29, 1.82) is 0 Å². The Morgan fingerprint density at radius 1 is 1.11 bits per heavy atom. The Hall–Kier alpha value is -2.27. The highest BCUT2D eigenvalue weighted by molar-refractivity contribution is 5.70. The van der Waals surface area contributed by atoms with Crippen molar-refractivity contribution in [3.05, 3.63) is 47.4 Å². The molecule has 0 spiro atoms. The molecule has 1 aliphatic rings. The first-order valence-electron chi connectivity index (χ1n) is 5.85. The highest BCUT2D eigenvalue weighted by Crippen LogP contribution is 2.32. The minimum absolute atomic E-state index is 0.264. The Balaban J connectivity index is 1.56. The lowest BCUT2D eigenvalue weighted by atomic mass is 10.2. The van der Waals surface area contributed by atoms with Gasteiger partial charge in [0.25, 0.3) is 0 Å². The maximum atomic E-state index is 10.5. The van der Waals surface area contributed by atoms with Gasteiger partial charge in [-0.3, -0.25) is 4.79 Å². The molecule has 5 heteroatoms. The first-order valence-corrected chi connectivity index (χ1v) is 5.85. The Morgan fingerprint density at radius 2 is 2.00 bits per heavy atom. The van der Waals surface area contributed by atoms with E-state index in [-0.39, 0.29) is 6.79 Å². The molecule has 0 fully saturated rings. The van der Waals surface area contributed by atoms with E-state index in [0.717, 1.165) is 17.1 Å². The molecule has 1 aliphatic heterocycles. The van der Waals surface area contributed by atoms with Crippen molar-refractivity contribution in [2.75, 3.05) is 6.79 Å². The van der Waals surface area contributed by atoms with Gasteiger partial charge in [-0.1, -0.05) is 6.07 Å². The summed E-state index contributed by atoms with van der Waals surface area (Å²) in [5.74, 6) is 2.43. The van der Waals surface area contributed by atoms with Crippen LogP contribution in [0.3, 0.4) is 0 Å². The fourth-order valence-electron chi connectivity index (χ4n) is 1.84. The van der Waals surface area contributed by atoms with Crippen LogP contribution in [0.15, 0.2) is 34.7 Å². The smallest absolute Gasteiger partial charge is 0.231 e. The van der Waals surface area contributed by atoms with E-state index in [1.54, 1.807) is 12.1 Å². The average molecular weight is 260 g/mol. The molecule has 3 rings (SSSR count). The molecule has 0 bridgehead atoms. The number of hydrogen-bond acceptors (Lipinski definition) is 5. The third-order valence-corrected chi connectivity index (χ3v) is 2.75. The lowest BCUT2D eigenvalue weighted by molar-refractivity contribution is 0.0906. The number of rotatable bonds is 5. The minimum Gasteiger partial charge on any atom is -0.456 e. The van der Waals surface area contributed by atoms with E-state index >= 15 is 0 Å². The number of carbonyl (C=O) groups excluding carboxylic acids is 1. The monoisotopic (exact) mass is 260 g/mol. The van der Waals surface area contributed by atoms with Gasteiger partial charge in [0.15, 0.2) is 23.5 Å². The zero-order valence-electron chi connectivity index (χ0n) is 10.1. The van der Waals surface area contributed by atoms with Gasteiger partial charge in [0, 0.05) is 0 Å². The van der Waals surface area contributed by atoms with Crippen molar-refractivity contribution in [1.82, 2.24) is 0 Å². The molecule has 0 unspecified atom stereocenters. The molecule has 2 aromatic rings. The molecular formula is C14H12O5. The SMILES string of the molecule is O=Cc1ccc(COCc2ccc3c(c2)OCO3)o1. The number of aldehydes is 1. The molecule has 19 heavy (non-hydrogen) atoms. The number of fused-ring (bicyclic) bond motifs is 1. The predicted octanol–water partition coefficient (Wildman–Crippen LogP) is 2.54. The van der Waals surface area contributed by atoms with Crippen LogP contribution in [0.5, 0.6) is 11.5 Å². The quantitative estimate of drug-likeness (QED) is 0.773. The summed E-state index contributed by atoms with van der Waals surface area (Å²) >= 11 is 0. The zero-order valence-corrected chi connectivity index (χ0v) is 10.1. The molecule has 98 valence electrons.